The van der Waals surface area contributed by atoms with Crippen molar-refractivity contribution in [3.63, 3.8) is 0 Å². The summed E-state index contributed by atoms with van der Waals surface area (Å²) in [5.41, 5.74) is 0. The van der Waals surface area contributed by atoms with Crippen molar-refractivity contribution in [1.29, 1.82) is 0 Å². The van der Waals surface area contributed by atoms with E-state index in [1.165, 1.54) is 26.7 Å². The molecule has 0 bridgehead atoms. The van der Waals surface area contributed by atoms with Gasteiger partial charge in [-0.25, -0.2) is 0 Å². The Morgan fingerprint density at radius 3 is 0.818 bits per heavy atom. The fraction of sp³-hybridized carbons (Fsp3) is 1.00. The van der Waals surface area contributed by atoms with Gasteiger partial charge in [-0.15, -0.1) is 0 Å². The van der Waals surface area contributed by atoms with Crippen molar-refractivity contribution >= 4 is 14.7 Å². The molecule has 1 radical (unpaired) electrons. The molecule has 7 heteroatoms. The predicted octanol–water partition coefficient (Wildman–Crippen LogP) is -0.234. The van der Waals surface area contributed by atoms with Crippen molar-refractivity contribution in [2.75, 3.05) is 26.7 Å². The topological polar surface area (TPSA) is 80.3 Å². The maximum atomic E-state index is 9.66. The van der Waals surface area contributed by atoms with Crippen LogP contribution in [0.15, 0.2) is 0 Å². The average molecular weight is 250 g/mol. The van der Waals surface area contributed by atoms with Crippen LogP contribution in [-0.4, -0.2) is 26.7 Å². The van der Waals surface area contributed by atoms with Gasteiger partial charge < -0.3 is 18.9 Å². The first kappa shape index (κ1) is 17.8. The van der Waals surface area contributed by atoms with Gasteiger partial charge in [-0.3, -0.25) is 0 Å². The fourth-order valence-electron chi connectivity index (χ4n) is 0. The normalized spacial score (nSPS) is 10.7. The minimum absolute atomic E-state index is 0. The molecule has 0 amide bonds. The second-order valence-electron chi connectivity index (χ2n) is 2.50. The molecule has 0 saturated carbocycles. The molecule has 0 unspecified atom stereocenters. The second-order valence-corrected chi connectivity index (χ2v) is 7.51. The third-order valence-electron chi connectivity index (χ3n) is 0. The van der Waals surface area contributed by atoms with Gasteiger partial charge in [-0.2, -0.15) is 0 Å². The van der Waals surface area contributed by atoms with E-state index in [9.17, 15) is 18.9 Å². The Hall–Kier alpha value is 0.899. The molecule has 73 valence electrons. The summed E-state index contributed by atoms with van der Waals surface area (Å²) in [5.74, 6) is 0. The van der Waals surface area contributed by atoms with E-state index in [4.69, 9.17) is 0 Å². The van der Waals surface area contributed by atoms with E-state index in [-0.39, 0.29) is 17.1 Å². The molecule has 0 N–H and O–H groups in total. The maximum Gasteiger partial charge on any atom is 2.00 e. The summed E-state index contributed by atoms with van der Waals surface area (Å²) in [5, 5.41) is 0. The quantitative estimate of drug-likeness (QED) is 0.439. The summed E-state index contributed by atoms with van der Waals surface area (Å²) in [7, 11) is -5.78. The first-order valence-corrected chi connectivity index (χ1v) is 7.56. The molecule has 0 aliphatic heterocycles. The van der Waals surface area contributed by atoms with E-state index in [2.05, 4.69) is 0 Å². The maximum absolute atomic E-state index is 9.66. The SMILES string of the molecule is CP(C)(=O)[O-].CP(C)(=O)[O-].[Cu+2]. The Morgan fingerprint density at radius 2 is 0.818 bits per heavy atom. The Morgan fingerprint density at radius 1 is 0.818 bits per heavy atom. The molecule has 0 fully saturated rings. The van der Waals surface area contributed by atoms with Gasteiger partial charge in [0.1, 0.15) is 0 Å². The van der Waals surface area contributed by atoms with Crippen LogP contribution in [0.4, 0.5) is 0 Å². The van der Waals surface area contributed by atoms with Crippen LogP contribution in [0.1, 0.15) is 0 Å². The van der Waals surface area contributed by atoms with Gasteiger partial charge in [0.15, 0.2) is 0 Å². The molecule has 0 saturated heterocycles. The Bertz CT molecular complexity index is 132. The van der Waals surface area contributed by atoms with Crippen LogP contribution in [0.25, 0.3) is 0 Å². The van der Waals surface area contributed by atoms with Crippen LogP contribution in [-0.2, 0) is 26.2 Å². The van der Waals surface area contributed by atoms with Crippen molar-refractivity contribution in [2.45, 2.75) is 0 Å². The van der Waals surface area contributed by atoms with Crippen molar-refractivity contribution in [3.8, 4) is 0 Å². The molecule has 0 aliphatic carbocycles. The molecular formula is C4H12CuO4P2. The van der Waals surface area contributed by atoms with E-state index in [0.29, 0.717) is 0 Å². The number of hydrogen-bond donors (Lipinski definition) is 0. The van der Waals surface area contributed by atoms with Crippen LogP contribution in [0, 0.1) is 0 Å². The first-order chi connectivity index (χ1) is 4.00. The molecule has 0 aromatic heterocycles. The third-order valence-corrected chi connectivity index (χ3v) is 0. The van der Waals surface area contributed by atoms with Crippen molar-refractivity contribution in [3.05, 3.63) is 0 Å². The van der Waals surface area contributed by atoms with Crippen LogP contribution in [0.2, 0.25) is 0 Å². The van der Waals surface area contributed by atoms with E-state index >= 15 is 0 Å². The van der Waals surface area contributed by atoms with E-state index < -0.39 is 14.7 Å². The molecule has 0 atom stereocenters. The van der Waals surface area contributed by atoms with Gasteiger partial charge in [0.05, 0.1) is 0 Å². The van der Waals surface area contributed by atoms with Gasteiger partial charge in [0.25, 0.3) is 0 Å². The summed E-state index contributed by atoms with van der Waals surface area (Å²) >= 11 is 0. The van der Waals surface area contributed by atoms with Crippen LogP contribution in [0.3, 0.4) is 0 Å². The van der Waals surface area contributed by atoms with Crippen LogP contribution in [0.5, 0.6) is 0 Å². The summed E-state index contributed by atoms with van der Waals surface area (Å²) in [6.07, 6.45) is 0. The van der Waals surface area contributed by atoms with Crippen molar-refractivity contribution in [2.24, 2.45) is 0 Å². The Kier molecular flexibility index (Phi) is 10.4. The van der Waals surface area contributed by atoms with Crippen LogP contribution >= 0.6 is 14.7 Å². The van der Waals surface area contributed by atoms with Gasteiger partial charge in [0, 0.05) is 14.7 Å². The zero-order valence-electron chi connectivity index (χ0n) is 6.83. The van der Waals surface area contributed by atoms with Crippen molar-refractivity contribution < 1.29 is 36.0 Å². The zero-order valence-corrected chi connectivity index (χ0v) is 9.56. The fourth-order valence-corrected chi connectivity index (χ4v) is 0. The number of hydrogen-bond acceptors (Lipinski definition) is 4. The summed E-state index contributed by atoms with van der Waals surface area (Å²) < 4.78 is 19.3. The monoisotopic (exact) mass is 249 g/mol. The largest absolute Gasteiger partial charge is 2.00 e. The molecule has 4 nitrogen and oxygen atoms in total. The van der Waals surface area contributed by atoms with Gasteiger partial charge >= 0.3 is 17.1 Å². The minimum atomic E-state index is -2.89. The standard InChI is InChI=1S/2C2H7O2P.Cu/c2*1-5(2,3)4;/h2*1-2H3,(H,3,4);/q;;+2/p-2. The third kappa shape index (κ3) is 1070. The molecule has 0 spiro atoms. The van der Waals surface area contributed by atoms with Crippen molar-refractivity contribution in [1.82, 2.24) is 0 Å². The molecular weight excluding hydrogens is 238 g/mol. The smallest absolute Gasteiger partial charge is 0.800 e. The molecule has 0 aromatic rings. The summed E-state index contributed by atoms with van der Waals surface area (Å²) in [4.78, 5) is 19.3. The van der Waals surface area contributed by atoms with Crippen LogP contribution < -0.4 is 9.79 Å². The first-order valence-electron chi connectivity index (χ1n) is 2.52. The van der Waals surface area contributed by atoms with E-state index in [1.54, 1.807) is 0 Å². The molecule has 0 aromatic carbocycles. The predicted molar refractivity (Wildman–Crippen MR) is 38.9 cm³/mol. The summed E-state index contributed by atoms with van der Waals surface area (Å²) in [6, 6.07) is 0. The summed E-state index contributed by atoms with van der Waals surface area (Å²) in [6.45, 7) is 4.75. The molecule has 0 rings (SSSR count). The minimum Gasteiger partial charge on any atom is -0.800 e. The Balaban J connectivity index is -0.000000107. The molecule has 11 heavy (non-hydrogen) atoms. The average Bonchev–Trinajstić information content (AvgIpc) is 1.12. The van der Waals surface area contributed by atoms with Gasteiger partial charge in [0.2, 0.25) is 0 Å². The van der Waals surface area contributed by atoms with Gasteiger partial charge in [-0.1, -0.05) is 0 Å². The van der Waals surface area contributed by atoms with E-state index in [0.717, 1.165) is 0 Å². The number of rotatable bonds is 0. The zero-order chi connectivity index (χ0) is 9.00. The molecule has 0 aliphatic rings. The van der Waals surface area contributed by atoms with Gasteiger partial charge in [-0.05, 0) is 26.7 Å². The Labute approximate surface area is 77.8 Å². The molecule has 0 heterocycles. The second kappa shape index (κ2) is 6.42. The van der Waals surface area contributed by atoms with E-state index in [1.807, 2.05) is 0 Å².